The molecular formula is C30H39N5O3. The van der Waals surface area contributed by atoms with Gasteiger partial charge in [0, 0.05) is 43.0 Å². The first-order valence-corrected chi connectivity index (χ1v) is 13.7. The maximum atomic E-state index is 13.0. The number of carbonyl (C=O) groups is 2. The molecule has 202 valence electrons. The van der Waals surface area contributed by atoms with Crippen molar-refractivity contribution in [3.05, 3.63) is 65.2 Å². The maximum Gasteiger partial charge on any atom is 0.255 e. The largest absolute Gasteiger partial charge is 0.497 e. The van der Waals surface area contributed by atoms with Crippen molar-refractivity contribution in [3.63, 3.8) is 0 Å². The molecule has 5 rings (SSSR count). The van der Waals surface area contributed by atoms with E-state index in [-0.39, 0.29) is 23.3 Å². The Hall–Kier alpha value is -3.55. The highest BCUT2D eigenvalue weighted by Gasteiger charge is 2.27. The third kappa shape index (κ3) is 5.79. The van der Waals surface area contributed by atoms with Gasteiger partial charge < -0.3 is 19.9 Å². The van der Waals surface area contributed by atoms with Crippen molar-refractivity contribution < 1.29 is 14.3 Å². The number of ether oxygens (including phenoxy) is 1. The molecule has 38 heavy (non-hydrogen) atoms. The summed E-state index contributed by atoms with van der Waals surface area (Å²) in [5, 5.41) is 7.57. The van der Waals surface area contributed by atoms with Crippen molar-refractivity contribution in [2.24, 2.45) is 5.92 Å². The number of benzene rings is 1. The first-order valence-electron chi connectivity index (χ1n) is 13.7. The molecule has 0 saturated carbocycles. The second-order valence-corrected chi connectivity index (χ2v) is 11.8. The first kappa shape index (κ1) is 26.1. The Morgan fingerprint density at radius 1 is 1.13 bits per heavy atom. The summed E-state index contributed by atoms with van der Waals surface area (Å²) in [6.07, 6.45) is 10.6. The molecule has 0 radical (unpaired) electrons. The van der Waals surface area contributed by atoms with Crippen LogP contribution in [0.4, 0.5) is 5.69 Å². The van der Waals surface area contributed by atoms with Gasteiger partial charge in [-0.1, -0.05) is 26.8 Å². The minimum Gasteiger partial charge on any atom is -0.497 e. The summed E-state index contributed by atoms with van der Waals surface area (Å²) < 4.78 is 7.28. The van der Waals surface area contributed by atoms with E-state index in [1.807, 2.05) is 34.1 Å². The molecular weight excluding hydrogens is 478 g/mol. The van der Waals surface area contributed by atoms with Gasteiger partial charge in [0.2, 0.25) is 5.91 Å². The van der Waals surface area contributed by atoms with Crippen molar-refractivity contribution in [1.29, 1.82) is 0 Å². The molecule has 1 aromatic carbocycles. The molecule has 1 fully saturated rings. The zero-order valence-electron chi connectivity index (χ0n) is 22.9. The van der Waals surface area contributed by atoms with E-state index in [0.29, 0.717) is 25.4 Å². The first-order chi connectivity index (χ1) is 18.2. The Kier molecular flexibility index (Phi) is 7.32. The van der Waals surface area contributed by atoms with Crippen LogP contribution in [0.2, 0.25) is 0 Å². The molecule has 8 heteroatoms. The molecule has 3 aromatic rings. The fourth-order valence-corrected chi connectivity index (χ4v) is 5.65. The fraction of sp³-hybridized carbons (Fsp3) is 0.500. The number of aryl methyl sites for hydroxylation is 1. The van der Waals surface area contributed by atoms with E-state index < -0.39 is 0 Å². The van der Waals surface area contributed by atoms with E-state index in [4.69, 9.17) is 4.74 Å². The number of likely N-dealkylation sites (tertiary alicyclic amines) is 1. The Labute approximate surface area is 224 Å². The van der Waals surface area contributed by atoms with E-state index >= 15 is 0 Å². The second-order valence-electron chi connectivity index (χ2n) is 11.8. The monoisotopic (exact) mass is 517 g/mol. The van der Waals surface area contributed by atoms with Crippen LogP contribution >= 0.6 is 0 Å². The normalized spacial score (nSPS) is 18.2. The van der Waals surface area contributed by atoms with Gasteiger partial charge in [-0.3, -0.25) is 14.3 Å². The highest BCUT2D eigenvalue weighted by molar-refractivity contribution is 5.94. The number of anilines is 1. The lowest BCUT2D eigenvalue weighted by Crippen LogP contribution is -2.39. The van der Waals surface area contributed by atoms with Crippen LogP contribution in [0, 0.1) is 5.92 Å². The molecule has 2 N–H and O–H groups in total. The Balaban J connectivity index is 1.10. The third-order valence-corrected chi connectivity index (χ3v) is 7.97. The van der Waals surface area contributed by atoms with E-state index in [0.717, 1.165) is 54.8 Å². The van der Waals surface area contributed by atoms with Crippen molar-refractivity contribution in [2.45, 2.75) is 70.8 Å². The van der Waals surface area contributed by atoms with Gasteiger partial charge in [-0.25, -0.2) is 0 Å². The van der Waals surface area contributed by atoms with E-state index in [9.17, 15) is 9.59 Å². The molecule has 1 atom stereocenters. The average molecular weight is 518 g/mol. The van der Waals surface area contributed by atoms with Gasteiger partial charge in [0.25, 0.3) is 5.91 Å². The summed E-state index contributed by atoms with van der Waals surface area (Å²) in [6, 6.07) is 8.43. The average Bonchev–Trinajstić information content (AvgIpc) is 3.58. The summed E-state index contributed by atoms with van der Waals surface area (Å²) >= 11 is 0. The van der Waals surface area contributed by atoms with Crippen molar-refractivity contribution in [2.75, 3.05) is 25.5 Å². The topological polar surface area (TPSA) is 92.2 Å². The van der Waals surface area contributed by atoms with E-state index in [2.05, 4.69) is 48.3 Å². The van der Waals surface area contributed by atoms with Crippen LogP contribution in [0.25, 0.3) is 0 Å². The number of hydrogen-bond donors (Lipinski definition) is 2. The maximum absolute atomic E-state index is 13.0. The van der Waals surface area contributed by atoms with Crippen LogP contribution in [-0.2, 0) is 23.1 Å². The number of aromatic nitrogens is 3. The molecule has 0 spiro atoms. The number of nitrogens with one attached hydrogen (secondary N) is 2. The Bertz CT molecular complexity index is 1290. The summed E-state index contributed by atoms with van der Waals surface area (Å²) in [6.45, 7) is 7.77. The second kappa shape index (κ2) is 10.7. The predicted molar refractivity (Wildman–Crippen MR) is 148 cm³/mol. The summed E-state index contributed by atoms with van der Waals surface area (Å²) in [5.41, 5.74) is 5.15. The number of hydrogen-bond acceptors (Lipinski definition) is 4. The molecule has 1 aliphatic heterocycles. The lowest BCUT2D eigenvalue weighted by Gasteiger charge is -2.32. The Morgan fingerprint density at radius 3 is 2.63 bits per heavy atom. The van der Waals surface area contributed by atoms with Crippen LogP contribution in [0.15, 0.2) is 42.9 Å². The summed E-state index contributed by atoms with van der Waals surface area (Å²) in [5.74, 6) is 1.35. The van der Waals surface area contributed by atoms with Crippen molar-refractivity contribution >= 4 is 17.5 Å². The van der Waals surface area contributed by atoms with Gasteiger partial charge in [-0.05, 0) is 67.3 Å². The fourth-order valence-electron chi connectivity index (χ4n) is 5.65. The highest BCUT2D eigenvalue weighted by Crippen LogP contribution is 2.31. The van der Waals surface area contributed by atoms with Gasteiger partial charge in [-0.15, -0.1) is 0 Å². The molecule has 1 saturated heterocycles. The number of nitrogens with zero attached hydrogens (tertiary/aromatic N) is 3. The van der Waals surface area contributed by atoms with Gasteiger partial charge in [0.15, 0.2) is 0 Å². The number of amides is 2. The molecule has 2 aliphatic rings. The summed E-state index contributed by atoms with van der Waals surface area (Å²) in [7, 11) is 1.69. The summed E-state index contributed by atoms with van der Waals surface area (Å²) in [4.78, 5) is 31.0. The SMILES string of the molecule is COc1ccc2c(c1)CCC(CC(=O)Nc1cnn(C3CCN(C(=O)c4c[nH]c(C(C)(C)C)c4)CC3)c1)C2. The highest BCUT2D eigenvalue weighted by atomic mass is 16.5. The molecule has 1 unspecified atom stereocenters. The molecule has 2 aromatic heterocycles. The van der Waals surface area contributed by atoms with Crippen molar-refractivity contribution in [1.82, 2.24) is 19.7 Å². The minimum absolute atomic E-state index is 0.0186. The predicted octanol–water partition coefficient (Wildman–Crippen LogP) is 5.13. The molecule has 2 amide bonds. The van der Waals surface area contributed by atoms with Gasteiger partial charge in [0.1, 0.15) is 5.75 Å². The number of carbonyl (C=O) groups excluding carboxylic acids is 2. The lowest BCUT2D eigenvalue weighted by molar-refractivity contribution is -0.117. The molecule has 1 aliphatic carbocycles. The quantitative estimate of drug-likeness (QED) is 0.474. The van der Waals surface area contributed by atoms with Crippen LogP contribution in [0.5, 0.6) is 5.75 Å². The zero-order chi connectivity index (χ0) is 26.9. The lowest BCUT2D eigenvalue weighted by atomic mass is 9.82. The number of methoxy groups -OCH3 is 1. The zero-order valence-corrected chi connectivity index (χ0v) is 22.9. The van der Waals surface area contributed by atoms with E-state index in [1.165, 1.54) is 11.1 Å². The third-order valence-electron chi connectivity index (χ3n) is 7.97. The van der Waals surface area contributed by atoms with Crippen LogP contribution in [0.1, 0.15) is 79.7 Å². The number of aromatic amines is 1. The molecule has 0 bridgehead atoms. The van der Waals surface area contributed by atoms with Crippen LogP contribution in [0.3, 0.4) is 0 Å². The van der Waals surface area contributed by atoms with Crippen LogP contribution in [-0.4, -0.2) is 51.7 Å². The van der Waals surface area contributed by atoms with Crippen molar-refractivity contribution in [3.8, 4) is 5.75 Å². The van der Waals surface area contributed by atoms with Gasteiger partial charge >= 0.3 is 0 Å². The molecule has 3 heterocycles. The van der Waals surface area contributed by atoms with Gasteiger partial charge in [0.05, 0.1) is 30.6 Å². The standard InChI is InChI=1S/C30H39N5O3/c1-30(2,3)27-16-23(17-31-27)29(37)34-11-9-25(10-12-34)35-19-24(18-32-35)33-28(36)14-20-5-6-22-15-26(38-4)8-7-21(22)13-20/h7-8,15-20,25,31H,5-6,9-14H2,1-4H3,(H,33,36). The molecule has 8 nitrogen and oxygen atoms in total. The Morgan fingerprint density at radius 2 is 1.92 bits per heavy atom. The number of H-pyrrole nitrogens is 1. The number of piperidine rings is 1. The number of rotatable bonds is 6. The smallest absolute Gasteiger partial charge is 0.255 e. The number of fused-ring (bicyclic) bond motifs is 1. The van der Waals surface area contributed by atoms with Crippen LogP contribution < -0.4 is 10.1 Å². The van der Waals surface area contributed by atoms with Gasteiger partial charge in [-0.2, -0.15) is 5.10 Å². The van der Waals surface area contributed by atoms with E-state index in [1.54, 1.807) is 13.3 Å². The minimum atomic E-state index is -0.0186.